The lowest BCUT2D eigenvalue weighted by Gasteiger charge is -2.02. The van der Waals surface area contributed by atoms with Gasteiger partial charge in [-0.1, -0.05) is 11.8 Å². The zero-order valence-electron chi connectivity index (χ0n) is 10.8. The second kappa shape index (κ2) is 5.81. The Morgan fingerprint density at radius 2 is 1.60 bits per heavy atom. The molecule has 0 spiro atoms. The van der Waals surface area contributed by atoms with Gasteiger partial charge in [0.1, 0.15) is 17.2 Å². The Morgan fingerprint density at radius 1 is 0.950 bits per heavy atom. The molecule has 4 nitrogen and oxygen atoms in total. The molecule has 2 rings (SSSR count). The number of phenolic OH excluding ortho intramolecular Hbond substituents is 2. The van der Waals surface area contributed by atoms with Gasteiger partial charge in [-0.3, -0.25) is 4.79 Å². The minimum Gasteiger partial charge on any atom is -0.508 e. The van der Waals surface area contributed by atoms with Crippen molar-refractivity contribution >= 4 is 5.97 Å². The van der Waals surface area contributed by atoms with Crippen molar-refractivity contribution < 1.29 is 19.7 Å². The zero-order valence-corrected chi connectivity index (χ0v) is 10.8. The number of carbonyl (C=O) groups excluding carboxylic acids is 1. The van der Waals surface area contributed by atoms with Gasteiger partial charge in [0, 0.05) is 24.1 Å². The number of ether oxygens (including phenoxy) is 1. The van der Waals surface area contributed by atoms with E-state index in [1.165, 1.54) is 31.2 Å². The highest BCUT2D eigenvalue weighted by atomic mass is 16.5. The molecule has 2 aromatic rings. The summed E-state index contributed by atoms with van der Waals surface area (Å²) in [6, 6.07) is 10.8. The molecule has 100 valence electrons. The monoisotopic (exact) mass is 268 g/mol. The third kappa shape index (κ3) is 3.79. The molecule has 0 heterocycles. The van der Waals surface area contributed by atoms with Crippen LogP contribution in [0.25, 0.3) is 0 Å². The van der Waals surface area contributed by atoms with E-state index >= 15 is 0 Å². The third-order valence-electron chi connectivity index (χ3n) is 2.37. The molecular formula is C16H12O4. The lowest BCUT2D eigenvalue weighted by molar-refractivity contribution is -0.131. The van der Waals surface area contributed by atoms with Crippen molar-refractivity contribution in [3.8, 4) is 29.1 Å². The van der Waals surface area contributed by atoms with Crippen molar-refractivity contribution in [2.75, 3.05) is 0 Å². The quantitative estimate of drug-likeness (QED) is 0.473. The molecule has 0 unspecified atom stereocenters. The number of carbonyl (C=O) groups is 1. The molecule has 2 N–H and O–H groups in total. The highest BCUT2D eigenvalue weighted by molar-refractivity contribution is 5.69. The van der Waals surface area contributed by atoms with E-state index in [0.717, 1.165) is 5.56 Å². The highest BCUT2D eigenvalue weighted by Gasteiger charge is 2.02. The largest absolute Gasteiger partial charge is 0.508 e. The average molecular weight is 268 g/mol. The fraction of sp³-hybridized carbons (Fsp3) is 0.0625. The molecule has 0 atom stereocenters. The van der Waals surface area contributed by atoms with E-state index in [0.29, 0.717) is 5.56 Å². The van der Waals surface area contributed by atoms with Gasteiger partial charge in [-0.15, -0.1) is 0 Å². The lowest BCUT2D eigenvalue weighted by Crippen LogP contribution is -2.01. The number of rotatable bonds is 1. The van der Waals surface area contributed by atoms with Gasteiger partial charge in [-0.05, 0) is 36.4 Å². The fourth-order valence-corrected chi connectivity index (χ4v) is 1.57. The molecule has 0 bridgehead atoms. The predicted molar refractivity (Wildman–Crippen MR) is 73.5 cm³/mol. The van der Waals surface area contributed by atoms with Crippen LogP contribution in [0.1, 0.15) is 18.1 Å². The number of aromatic hydroxyl groups is 2. The molecule has 0 aliphatic heterocycles. The minimum absolute atomic E-state index is 0.0289. The van der Waals surface area contributed by atoms with Gasteiger partial charge in [0.25, 0.3) is 0 Å². The Kier molecular flexibility index (Phi) is 3.92. The third-order valence-corrected chi connectivity index (χ3v) is 2.37. The maximum absolute atomic E-state index is 10.9. The summed E-state index contributed by atoms with van der Waals surface area (Å²) in [4.78, 5) is 10.9. The van der Waals surface area contributed by atoms with E-state index in [1.54, 1.807) is 18.2 Å². The van der Waals surface area contributed by atoms with E-state index in [1.807, 2.05) is 0 Å². The summed E-state index contributed by atoms with van der Waals surface area (Å²) in [6.45, 7) is 1.28. The summed E-state index contributed by atoms with van der Waals surface area (Å²) in [5, 5.41) is 18.7. The SMILES string of the molecule is CC(=O)Oc1cc(O)cc(C#Cc2ccc(O)cc2)c1. The Morgan fingerprint density at radius 3 is 2.25 bits per heavy atom. The summed E-state index contributed by atoms with van der Waals surface area (Å²) in [5.41, 5.74) is 1.24. The summed E-state index contributed by atoms with van der Waals surface area (Å²) in [6.07, 6.45) is 0. The maximum Gasteiger partial charge on any atom is 0.308 e. The second-order valence-electron chi connectivity index (χ2n) is 4.11. The maximum atomic E-state index is 10.9. The molecule has 20 heavy (non-hydrogen) atoms. The topological polar surface area (TPSA) is 66.8 Å². The van der Waals surface area contributed by atoms with Gasteiger partial charge in [0.15, 0.2) is 0 Å². The Balaban J connectivity index is 2.27. The zero-order chi connectivity index (χ0) is 14.5. The first kappa shape index (κ1) is 13.5. The Hall–Kier alpha value is -2.93. The van der Waals surface area contributed by atoms with E-state index in [-0.39, 0.29) is 17.2 Å². The molecule has 0 aliphatic carbocycles. The van der Waals surface area contributed by atoms with E-state index in [9.17, 15) is 9.90 Å². The van der Waals surface area contributed by atoms with Crippen LogP contribution in [0.4, 0.5) is 0 Å². The second-order valence-corrected chi connectivity index (χ2v) is 4.11. The molecule has 0 aliphatic rings. The Bertz CT molecular complexity index is 691. The van der Waals surface area contributed by atoms with Gasteiger partial charge >= 0.3 is 5.97 Å². The number of benzene rings is 2. The van der Waals surface area contributed by atoms with Crippen LogP contribution in [0.5, 0.6) is 17.2 Å². The van der Waals surface area contributed by atoms with Crippen LogP contribution < -0.4 is 4.74 Å². The summed E-state index contributed by atoms with van der Waals surface area (Å²) in [7, 11) is 0. The molecule has 2 aromatic carbocycles. The molecule has 0 aromatic heterocycles. The number of esters is 1. The highest BCUT2D eigenvalue weighted by Crippen LogP contribution is 2.21. The first-order valence-electron chi connectivity index (χ1n) is 5.86. The Labute approximate surface area is 116 Å². The summed E-state index contributed by atoms with van der Waals surface area (Å²) < 4.78 is 4.90. The van der Waals surface area contributed by atoms with Crippen LogP contribution >= 0.6 is 0 Å². The summed E-state index contributed by atoms with van der Waals surface area (Å²) in [5.74, 6) is 5.66. The lowest BCUT2D eigenvalue weighted by atomic mass is 10.1. The van der Waals surface area contributed by atoms with Crippen molar-refractivity contribution in [3.63, 3.8) is 0 Å². The first-order chi connectivity index (χ1) is 9.52. The van der Waals surface area contributed by atoms with E-state index < -0.39 is 5.97 Å². The van der Waals surface area contributed by atoms with Crippen LogP contribution in [0.15, 0.2) is 42.5 Å². The fourth-order valence-electron chi connectivity index (χ4n) is 1.57. The summed E-state index contributed by atoms with van der Waals surface area (Å²) >= 11 is 0. The van der Waals surface area contributed by atoms with Crippen molar-refractivity contribution in [1.82, 2.24) is 0 Å². The van der Waals surface area contributed by atoms with E-state index in [4.69, 9.17) is 9.84 Å². The molecule has 0 saturated carbocycles. The van der Waals surface area contributed by atoms with Crippen LogP contribution in [-0.2, 0) is 4.79 Å². The minimum atomic E-state index is -0.465. The molecule has 0 saturated heterocycles. The molecule has 0 amide bonds. The number of hydrogen-bond acceptors (Lipinski definition) is 4. The van der Waals surface area contributed by atoms with Crippen LogP contribution in [0.3, 0.4) is 0 Å². The van der Waals surface area contributed by atoms with Gasteiger partial charge in [-0.25, -0.2) is 0 Å². The van der Waals surface area contributed by atoms with Crippen molar-refractivity contribution in [1.29, 1.82) is 0 Å². The van der Waals surface area contributed by atoms with Crippen LogP contribution in [0.2, 0.25) is 0 Å². The predicted octanol–water partition coefficient (Wildman–Crippen LogP) is 2.42. The van der Waals surface area contributed by atoms with Crippen LogP contribution in [0, 0.1) is 11.8 Å². The van der Waals surface area contributed by atoms with Crippen LogP contribution in [-0.4, -0.2) is 16.2 Å². The first-order valence-corrected chi connectivity index (χ1v) is 5.86. The van der Waals surface area contributed by atoms with Crippen molar-refractivity contribution in [2.45, 2.75) is 6.92 Å². The van der Waals surface area contributed by atoms with Gasteiger partial charge in [0.2, 0.25) is 0 Å². The van der Waals surface area contributed by atoms with E-state index in [2.05, 4.69) is 11.8 Å². The van der Waals surface area contributed by atoms with Crippen molar-refractivity contribution in [2.24, 2.45) is 0 Å². The smallest absolute Gasteiger partial charge is 0.308 e. The van der Waals surface area contributed by atoms with Gasteiger partial charge < -0.3 is 14.9 Å². The standard InChI is InChI=1S/C16H12O4/c1-11(17)20-16-9-13(8-15(19)10-16)3-2-12-4-6-14(18)7-5-12/h4-10,18-19H,1H3. The normalized spacial score (nSPS) is 9.45. The van der Waals surface area contributed by atoms with Gasteiger partial charge in [-0.2, -0.15) is 0 Å². The van der Waals surface area contributed by atoms with Gasteiger partial charge in [0.05, 0.1) is 0 Å². The molecule has 4 heteroatoms. The molecule has 0 radical (unpaired) electrons. The molecular weight excluding hydrogens is 256 g/mol. The average Bonchev–Trinajstić information content (AvgIpc) is 2.36. The number of phenols is 2. The van der Waals surface area contributed by atoms with Crippen molar-refractivity contribution in [3.05, 3.63) is 53.6 Å². The number of hydrogen-bond donors (Lipinski definition) is 2. The molecule has 0 fully saturated rings.